The molecule has 8 nitrogen and oxygen atoms in total. The molecule has 0 amide bonds. The van der Waals surface area contributed by atoms with E-state index in [-0.39, 0.29) is 6.10 Å². The van der Waals surface area contributed by atoms with Gasteiger partial charge in [-0.05, 0) is 13.8 Å². The highest BCUT2D eigenvalue weighted by atomic mass is 16.5. The molecule has 2 heterocycles. The van der Waals surface area contributed by atoms with Crippen LogP contribution in [0.3, 0.4) is 0 Å². The summed E-state index contributed by atoms with van der Waals surface area (Å²) in [6.07, 6.45) is -0.116. The maximum atomic E-state index is 5.71. The fourth-order valence-electron chi connectivity index (χ4n) is 1.91. The Labute approximate surface area is 124 Å². The van der Waals surface area contributed by atoms with Gasteiger partial charge in [0.25, 0.3) is 0 Å². The van der Waals surface area contributed by atoms with Gasteiger partial charge < -0.3 is 24.4 Å². The molecule has 118 valence electrons. The number of nitrogens with zero attached hydrogens (tertiary/aromatic N) is 4. The van der Waals surface area contributed by atoms with Crippen LogP contribution < -0.4 is 15.0 Å². The molecule has 0 spiro atoms. The molecule has 0 radical (unpaired) electrons. The highest BCUT2D eigenvalue weighted by Crippen LogP contribution is 2.16. The van der Waals surface area contributed by atoms with Crippen molar-refractivity contribution in [2.75, 3.05) is 56.8 Å². The summed E-state index contributed by atoms with van der Waals surface area (Å²) in [5.74, 6) is 1.10. The molecule has 1 aromatic heterocycles. The number of ether oxygens (including phenoxy) is 3. The van der Waals surface area contributed by atoms with Gasteiger partial charge in [0.1, 0.15) is 6.10 Å². The fourth-order valence-corrected chi connectivity index (χ4v) is 1.91. The molecule has 0 aliphatic carbocycles. The third-order valence-electron chi connectivity index (χ3n) is 2.98. The monoisotopic (exact) mass is 297 g/mol. The van der Waals surface area contributed by atoms with E-state index in [2.05, 4.69) is 25.2 Å². The summed E-state index contributed by atoms with van der Waals surface area (Å²) in [5, 5.41) is 2.93. The van der Waals surface area contributed by atoms with Crippen LogP contribution in [0, 0.1) is 0 Å². The van der Waals surface area contributed by atoms with E-state index in [1.165, 1.54) is 0 Å². The molecule has 0 saturated carbocycles. The van der Waals surface area contributed by atoms with Crippen LogP contribution in [-0.4, -0.2) is 67.6 Å². The zero-order valence-corrected chi connectivity index (χ0v) is 12.8. The van der Waals surface area contributed by atoms with Crippen LogP contribution in [0.5, 0.6) is 6.01 Å². The predicted octanol–water partition coefficient (Wildman–Crippen LogP) is 0.554. The molecule has 1 aliphatic rings. The third kappa shape index (κ3) is 4.68. The number of anilines is 2. The van der Waals surface area contributed by atoms with Gasteiger partial charge in [-0.15, -0.1) is 0 Å². The second kappa shape index (κ2) is 7.94. The van der Waals surface area contributed by atoms with Gasteiger partial charge in [-0.25, -0.2) is 0 Å². The summed E-state index contributed by atoms with van der Waals surface area (Å²) in [6.45, 7) is 7.92. The topological polar surface area (TPSA) is 81.6 Å². The van der Waals surface area contributed by atoms with Crippen molar-refractivity contribution in [3.8, 4) is 6.01 Å². The first-order valence-corrected chi connectivity index (χ1v) is 7.23. The van der Waals surface area contributed by atoms with Gasteiger partial charge in [0.05, 0.1) is 19.8 Å². The molecule has 0 aromatic carbocycles. The molecule has 1 N–H and O–H groups in total. The van der Waals surface area contributed by atoms with Crippen LogP contribution in [0.2, 0.25) is 0 Å². The van der Waals surface area contributed by atoms with Gasteiger partial charge in [0, 0.05) is 26.7 Å². The minimum Gasteiger partial charge on any atom is -0.458 e. The zero-order valence-electron chi connectivity index (χ0n) is 12.8. The maximum Gasteiger partial charge on any atom is 0.323 e. The van der Waals surface area contributed by atoms with Crippen molar-refractivity contribution in [2.45, 2.75) is 20.0 Å². The molecule has 21 heavy (non-hydrogen) atoms. The SMILES string of the molecule is CCOCC(C)Oc1nc(NC)nc(N2CCOCC2)n1. The van der Waals surface area contributed by atoms with Crippen molar-refractivity contribution in [3.63, 3.8) is 0 Å². The first-order valence-electron chi connectivity index (χ1n) is 7.23. The van der Waals surface area contributed by atoms with E-state index in [0.717, 1.165) is 13.1 Å². The van der Waals surface area contributed by atoms with Crippen molar-refractivity contribution < 1.29 is 14.2 Å². The lowest BCUT2D eigenvalue weighted by Gasteiger charge is -2.27. The average Bonchev–Trinajstić information content (AvgIpc) is 2.53. The average molecular weight is 297 g/mol. The van der Waals surface area contributed by atoms with Crippen molar-refractivity contribution in [2.24, 2.45) is 0 Å². The molecule has 1 fully saturated rings. The number of rotatable bonds is 7. The highest BCUT2D eigenvalue weighted by Gasteiger charge is 2.17. The van der Waals surface area contributed by atoms with E-state index >= 15 is 0 Å². The van der Waals surface area contributed by atoms with Crippen LogP contribution in [0.4, 0.5) is 11.9 Å². The standard InChI is InChI=1S/C13H23N5O3/c1-4-19-9-10(2)21-13-16-11(14-3)15-12(17-13)18-5-7-20-8-6-18/h10H,4-9H2,1-3H3,(H,14,15,16,17). The van der Waals surface area contributed by atoms with Crippen LogP contribution in [0.25, 0.3) is 0 Å². The van der Waals surface area contributed by atoms with Crippen molar-refractivity contribution >= 4 is 11.9 Å². The van der Waals surface area contributed by atoms with E-state index < -0.39 is 0 Å². The quantitative estimate of drug-likeness (QED) is 0.781. The van der Waals surface area contributed by atoms with Crippen molar-refractivity contribution in [3.05, 3.63) is 0 Å². The molecule has 1 atom stereocenters. The number of aromatic nitrogens is 3. The minimum absolute atomic E-state index is 0.116. The van der Waals surface area contributed by atoms with E-state index in [1.807, 2.05) is 13.8 Å². The van der Waals surface area contributed by atoms with E-state index in [4.69, 9.17) is 14.2 Å². The number of nitrogens with one attached hydrogen (secondary N) is 1. The summed E-state index contributed by atoms with van der Waals surface area (Å²) in [4.78, 5) is 15.0. The second-order valence-corrected chi connectivity index (χ2v) is 4.68. The Morgan fingerprint density at radius 2 is 2.05 bits per heavy atom. The lowest BCUT2D eigenvalue weighted by Crippen LogP contribution is -2.37. The molecular formula is C13H23N5O3. The third-order valence-corrected chi connectivity index (χ3v) is 2.98. The van der Waals surface area contributed by atoms with Crippen molar-refractivity contribution in [1.82, 2.24) is 15.0 Å². The van der Waals surface area contributed by atoms with E-state index in [0.29, 0.717) is 44.3 Å². The molecule has 1 unspecified atom stereocenters. The van der Waals surface area contributed by atoms with Crippen LogP contribution in [0.15, 0.2) is 0 Å². The lowest BCUT2D eigenvalue weighted by molar-refractivity contribution is 0.0606. The molecule has 1 aromatic rings. The summed E-state index contributed by atoms with van der Waals surface area (Å²) in [6, 6.07) is 0.308. The summed E-state index contributed by atoms with van der Waals surface area (Å²) < 4.78 is 16.4. The molecule has 1 aliphatic heterocycles. The van der Waals surface area contributed by atoms with Gasteiger partial charge in [-0.2, -0.15) is 15.0 Å². The smallest absolute Gasteiger partial charge is 0.323 e. The first kappa shape index (κ1) is 15.7. The summed E-state index contributed by atoms with van der Waals surface area (Å²) in [7, 11) is 1.77. The Morgan fingerprint density at radius 1 is 1.29 bits per heavy atom. The summed E-state index contributed by atoms with van der Waals surface area (Å²) >= 11 is 0. The lowest BCUT2D eigenvalue weighted by atomic mass is 10.4. The van der Waals surface area contributed by atoms with Crippen LogP contribution >= 0.6 is 0 Å². The zero-order chi connectivity index (χ0) is 15.1. The Kier molecular flexibility index (Phi) is 5.94. The van der Waals surface area contributed by atoms with Gasteiger partial charge in [0.15, 0.2) is 0 Å². The Balaban J connectivity index is 2.09. The van der Waals surface area contributed by atoms with Gasteiger partial charge in [-0.1, -0.05) is 0 Å². The van der Waals surface area contributed by atoms with Crippen LogP contribution in [-0.2, 0) is 9.47 Å². The summed E-state index contributed by atoms with van der Waals surface area (Å²) in [5.41, 5.74) is 0. The molecule has 8 heteroatoms. The Bertz CT molecular complexity index is 440. The van der Waals surface area contributed by atoms with Gasteiger partial charge in [0.2, 0.25) is 11.9 Å². The largest absolute Gasteiger partial charge is 0.458 e. The number of hydrogen-bond acceptors (Lipinski definition) is 8. The first-order chi connectivity index (χ1) is 10.2. The normalized spacial score (nSPS) is 16.6. The van der Waals surface area contributed by atoms with E-state index in [9.17, 15) is 0 Å². The van der Waals surface area contributed by atoms with Crippen molar-refractivity contribution in [1.29, 1.82) is 0 Å². The second-order valence-electron chi connectivity index (χ2n) is 4.68. The maximum absolute atomic E-state index is 5.71. The van der Waals surface area contributed by atoms with Gasteiger partial charge in [-0.3, -0.25) is 0 Å². The predicted molar refractivity (Wildman–Crippen MR) is 79.0 cm³/mol. The molecular weight excluding hydrogens is 274 g/mol. The molecule has 0 bridgehead atoms. The number of morpholine rings is 1. The van der Waals surface area contributed by atoms with Gasteiger partial charge >= 0.3 is 6.01 Å². The Morgan fingerprint density at radius 3 is 2.71 bits per heavy atom. The highest BCUT2D eigenvalue weighted by molar-refractivity contribution is 5.38. The minimum atomic E-state index is -0.116. The molecule has 1 saturated heterocycles. The molecule has 2 rings (SSSR count). The number of hydrogen-bond donors (Lipinski definition) is 1. The van der Waals surface area contributed by atoms with Crippen LogP contribution in [0.1, 0.15) is 13.8 Å². The van der Waals surface area contributed by atoms with E-state index in [1.54, 1.807) is 7.05 Å². The fraction of sp³-hybridized carbons (Fsp3) is 0.769. The Hall–Kier alpha value is -1.67.